The number of amidine groups is 1. The number of nitro groups is 1. The van der Waals surface area contributed by atoms with Gasteiger partial charge in [0, 0.05) is 24.1 Å². The standard InChI is InChI=1S/C29H32ClN3O3S/c1-20-11-14-28(21(2)15-20)37-29(31-24-12-13-26(30)27(17-24)33(35)36)32(18-22-7-4-3-5-8-22)19-23-9-6-10-25(34)16-23/h6,9-17,22,34H,3-5,7-8,18-19H2,1-2H3. The Morgan fingerprint density at radius 2 is 1.89 bits per heavy atom. The topological polar surface area (TPSA) is 79.0 Å². The van der Waals surface area contributed by atoms with E-state index < -0.39 is 4.92 Å². The van der Waals surface area contributed by atoms with E-state index in [2.05, 4.69) is 36.9 Å². The van der Waals surface area contributed by atoms with Crippen LogP contribution in [0, 0.1) is 29.9 Å². The van der Waals surface area contributed by atoms with Crippen LogP contribution in [0.25, 0.3) is 0 Å². The lowest BCUT2D eigenvalue weighted by Gasteiger charge is -2.32. The van der Waals surface area contributed by atoms with Gasteiger partial charge in [-0.2, -0.15) is 0 Å². The summed E-state index contributed by atoms with van der Waals surface area (Å²) in [7, 11) is 0. The van der Waals surface area contributed by atoms with Crippen LogP contribution in [0.2, 0.25) is 5.02 Å². The Balaban J connectivity index is 1.77. The first-order valence-electron chi connectivity index (χ1n) is 12.6. The monoisotopic (exact) mass is 537 g/mol. The fourth-order valence-electron chi connectivity index (χ4n) is 4.76. The number of aliphatic imine (C=N–C) groups is 1. The zero-order valence-electron chi connectivity index (χ0n) is 21.2. The molecule has 0 aromatic heterocycles. The second-order valence-electron chi connectivity index (χ2n) is 9.71. The number of hydrogen-bond donors (Lipinski definition) is 1. The molecule has 1 aliphatic carbocycles. The number of phenolic OH excluding ortho intramolecular Hbond substituents is 1. The van der Waals surface area contributed by atoms with E-state index in [0.717, 1.165) is 27.7 Å². The molecule has 194 valence electrons. The lowest BCUT2D eigenvalue weighted by molar-refractivity contribution is -0.384. The molecule has 37 heavy (non-hydrogen) atoms. The molecule has 0 saturated heterocycles. The smallest absolute Gasteiger partial charge is 0.290 e. The molecule has 0 amide bonds. The first kappa shape index (κ1) is 27.0. The number of thioether (sulfide) groups is 1. The molecule has 0 heterocycles. The maximum absolute atomic E-state index is 11.5. The van der Waals surface area contributed by atoms with E-state index >= 15 is 0 Å². The molecular formula is C29H32ClN3O3S. The Morgan fingerprint density at radius 1 is 1.11 bits per heavy atom. The molecule has 3 aromatic carbocycles. The SMILES string of the molecule is Cc1ccc(SC(=Nc2ccc(Cl)c([N+](=O)[O-])c2)N(Cc2cccc(O)c2)CC2CCCCC2)c(C)c1. The number of nitro benzene ring substituents is 1. The molecule has 8 heteroatoms. The minimum atomic E-state index is -0.481. The van der Waals surface area contributed by atoms with Gasteiger partial charge in [0.1, 0.15) is 10.8 Å². The van der Waals surface area contributed by atoms with E-state index in [1.807, 2.05) is 12.1 Å². The number of rotatable bonds is 7. The highest BCUT2D eigenvalue weighted by molar-refractivity contribution is 8.13. The van der Waals surface area contributed by atoms with Crippen molar-refractivity contribution in [2.75, 3.05) is 6.54 Å². The predicted octanol–water partition coefficient (Wildman–Crippen LogP) is 8.43. The van der Waals surface area contributed by atoms with Crippen molar-refractivity contribution in [3.63, 3.8) is 0 Å². The largest absolute Gasteiger partial charge is 0.508 e. The lowest BCUT2D eigenvalue weighted by atomic mass is 9.89. The van der Waals surface area contributed by atoms with Crippen molar-refractivity contribution in [2.24, 2.45) is 10.9 Å². The van der Waals surface area contributed by atoms with Gasteiger partial charge in [0.05, 0.1) is 10.6 Å². The van der Waals surface area contributed by atoms with Gasteiger partial charge in [0.2, 0.25) is 0 Å². The Bertz CT molecular complexity index is 1290. The summed E-state index contributed by atoms with van der Waals surface area (Å²) in [4.78, 5) is 19.4. The van der Waals surface area contributed by atoms with E-state index in [9.17, 15) is 15.2 Å². The highest BCUT2D eigenvalue weighted by Gasteiger charge is 2.23. The molecule has 0 atom stereocenters. The number of nitrogens with zero attached hydrogens (tertiary/aromatic N) is 3. The number of phenols is 1. The fourth-order valence-corrected chi connectivity index (χ4v) is 5.92. The Hall–Kier alpha value is -3.03. The molecule has 1 fully saturated rings. The van der Waals surface area contributed by atoms with Crippen LogP contribution in [0.1, 0.15) is 48.8 Å². The summed E-state index contributed by atoms with van der Waals surface area (Å²) in [5.74, 6) is 0.763. The summed E-state index contributed by atoms with van der Waals surface area (Å²) < 4.78 is 0. The third kappa shape index (κ3) is 7.49. The fraction of sp³-hybridized carbons (Fsp3) is 0.345. The average molecular weight is 538 g/mol. The lowest BCUT2D eigenvalue weighted by Crippen LogP contribution is -2.34. The summed E-state index contributed by atoms with van der Waals surface area (Å²) in [5, 5.41) is 22.5. The van der Waals surface area contributed by atoms with Crippen LogP contribution in [-0.4, -0.2) is 26.6 Å². The third-order valence-electron chi connectivity index (χ3n) is 6.64. The van der Waals surface area contributed by atoms with Gasteiger partial charge >= 0.3 is 0 Å². The van der Waals surface area contributed by atoms with Crippen molar-refractivity contribution in [1.29, 1.82) is 0 Å². The van der Waals surface area contributed by atoms with Gasteiger partial charge in [-0.1, -0.05) is 72.5 Å². The van der Waals surface area contributed by atoms with E-state index in [-0.39, 0.29) is 16.5 Å². The van der Waals surface area contributed by atoms with Crippen LogP contribution in [0.4, 0.5) is 11.4 Å². The summed E-state index contributed by atoms with van der Waals surface area (Å²) in [6.07, 6.45) is 6.07. The number of aromatic hydroxyl groups is 1. The zero-order valence-corrected chi connectivity index (χ0v) is 22.8. The first-order valence-corrected chi connectivity index (χ1v) is 13.8. The summed E-state index contributed by atoms with van der Waals surface area (Å²) in [6.45, 7) is 5.54. The van der Waals surface area contributed by atoms with Gasteiger partial charge in [0.15, 0.2) is 5.17 Å². The quantitative estimate of drug-likeness (QED) is 0.107. The normalized spacial score (nSPS) is 14.5. The minimum Gasteiger partial charge on any atom is -0.508 e. The van der Waals surface area contributed by atoms with Crippen molar-refractivity contribution < 1.29 is 10.0 Å². The second-order valence-corrected chi connectivity index (χ2v) is 11.1. The van der Waals surface area contributed by atoms with Crippen molar-refractivity contribution in [3.05, 3.63) is 92.5 Å². The molecule has 0 aliphatic heterocycles. The molecule has 0 unspecified atom stereocenters. The summed E-state index contributed by atoms with van der Waals surface area (Å²) in [5.41, 5.74) is 3.63. The molecule has 4 rings (SSSR count). The van der Waals surface area contributed by atoms with Gasteiger partial charge in [-0.25, -0.2) is 4.99 Å². The predicted molar refractivity (Wildman–Crippen MR) is 152 cm³/mol. The van der Waals surface area contributed by atoms with Gasteiger partial charge in [-0.15, -0.1) is 0 Å². The van der Waals surface area contributed by atoms with Gasteiger partial charge < -0.3 is 10.0 Å². The molecule has 0 radical (unpaired) electrons. The molecule has 1 N–H and O–H groups in total. The molecule has 1 aliphatic rings. The van der Waals surface area contributed by atoms with Crippen LogP contribution in [0.3, 0.4) is 0 Å². The van der Waals surface area contributed by atoms with Crippen molar-refractivity contribution >= 4 is 39.9 Å². The van der Waals surface area contributed by atoms with E-state index in [4.69, 9.17) is 16.6 Å². The van der Waals surface area contributed by atoms with Crippen LogP contribution in [-0.2, 0) is 6.54 Å². The van der Waals surface area contributed by atoms with Gasteiger partial charge in [-0.05, 0) is 74.1 Å². The minimum absolute atomic E-state index is 0.0892. The summed E-state index contributed by atoms with van der Waals surface area (Å²) in [6, 6.07) is 18.3. The number of halogens is 1. The molecule has 3 aromatic rings. The number of aryl methyl sites for hydroxylation is 2. The van der Waals surface area contributed by atoms with Gasteiger partial charge in [0.25, 0.3) is 5.69 Å². The van der Waals surface area contributed by atoms with E-state index in [0.29, 0.717) is 18.2 Å². The van der Waals surface area contributed by atoms with Crippen LogP contribution in [0.15, 0.2) is 70.6 Å². The zero-order chi connectivity index (χ0) is 26.4. The third-order valence-corrected chi connectivity index (χ3v) is 8.17. The van der Waals surface area contributed by atoms with Crippen LogP contribution < -0.4 is 0 Å². The maximum atomic E-state index is 11.5. The molecular weight excluding hydrogens is 506 g/mol. The maximum Gasteiger partial charge on any atom is 0.290 e. The highest BCUT2D eigenvalue weighted by Crippen LogP contribution is 2.34. The molecule has 0 spiro atoms. The molecule has 6 nitrogen and oxygen atoms in total. The van der Waals surface area contributed by atoms with Crippen LogP contribution in [0.5, 0.6) is 5.75 Å². The van der Waals surface area contributed by atoms with Gasteiger partial charge in [-0.3, -0.25) is 10.1 Å². The second kappa shape index (κ2) is 12.5. The Morgan fingerprint density at radius 3 is 2.59 bits per heavy atom. The first-order chi connectivity index (χ1) is 17.8. The number of hydrogen-bond acceptors (Lipinski definition) is 5. The van der Waals surface area contributed by atoms with Crippen molar-refractivity contribution in [1.82, 2.24) is 4.90 Å². The van der Waals surface area contributed by atoms with E-state index in [1.54, 1.807) is 30.0 Å². The number of benzene rings is 3. The highest BCUT2D eigenvalue weighted by atomic mass is 35.5. The Labute approximate surface area is 227 Å². The van der Waals surface area contributed by atoms with Crippen LogP contribution >= 0.6 is 23.4 Å². The Kier molecular flexibility index (Phi) is 9.11. The average Bonchev–Trinajstić information content (AvgIpc) is 2.86. The van der Waals surface area contributed by atoms with Crippen molar-refractivity contribution in [2.45, 2.75) is 57.4 Å². The molecule has 0 bridgehead atoms. The molecule has 1 saturated carbocycles. The van der Waals surface area contributed by atoms with Crippen molar-refractivity contribution in [3.8, 4) is 5.75 Å². The summed E-state index contributed by atoms with van der Waals surface area (Å²) >= 11 is 7.65. The van der Waals surface area contributed by atoms with E-state index in [1.165, 1.54) is 49.8 Å².